The third-order valence-corrected chi connectivity index (χ3v) is 9.10. The molecule has 0 atom stereocenters. The molecule has 0 aliphatic carbocycles. The molecular weight excluding hydrogens is 587 g/mol. The second-order valence-electron chi connectivity index (χ2n) is 12.1. The monoisotopic (exact) mass is 615 g/mol. The minimum absolute atomic E-state index is 0.608. The Kier molecular flexibility index (Phi) is 6.65. The molecule has 0 N–H and O–H groups in total. The largest absolute Gasteiger partial charge is 0.456 e. The Hall–Kier alpha value is -6.39. The number of aryl methyl sites for hydroxylation is 1. The average Bonchev–Trinajstić information content (AvgIpc) is 3.54. The maximum absolute atomic E-state index is 6.21. The topological polar surface area (TPSA) is 51.8 Å². The van der Waals surface area contributed by atoms with Gasteiger partial charge in [0.15, 0.2) is 17.5 Å². The molecule has 4 heteroatoms. The molecule has 9 rings (SSSR count). The molecular formula is C44H29N3O. The van der Waals surface area contributed by atoms with E-state index in [1.807, 2.05) is 30.3 Å². The number of nitrogens with zero attached hydrogens (tertiary/aromatic N) is 3. The van der Waals surface area contributed by atoms with Crippen molar-refractivity contribution in [2.24, 2.45) is 0 Å². The van der Waals surface area contributed by atoms with Crippen LogP contribution in [0.5, 0.6) is 0 Å². The first-order valence-electron chi connectivity index (χ1n) is 16.1. The molecule has 0 aliphatic rings. The van der Waals surface area contributed by atoms with Crippen LogP contribution in [0.25, 0.3) is 89.1 Å². The van der Waals surface area contributed by atoms with Crippen molar-refractivity contribution >= 4 is 32.7 Å². The van der Waals surface area contributed by atoms with Gasteiger partial charge in [-0.25, -0.2) is 15.0 Å². The highest BCUT2D eigenvalue weighted by atomic mass is 16.3. The van der Waals surface area contributed by atoms with Crippen LogP contribution in [0.15, 0.2) is 162 Å². The molecule has 4 nitrogen and oxygen atoms in total. The quantitative estimate of drug-likeness (QED) is 0.193. The standard InChI is InChI=1S/C44H29N3O/c1-28-9-2-5-12-36(28)32-22-17-30(18-23-32)31-19-24-33(25-20-31)42-45-43(35-26-21-29-10-3-4-11-34(29)27-35)47-44(46-42)38-14-8-16-40-41(38)37-13-6-7-15-39(37)48-40/h2-27H,1H3. The van der Waals surface area contributed by atoms with Crippen LogP contribution in [0, 0.1) is 6.92 Å². The van der Waals surface area contributed by atoms with E-state index >= 15 is 0 Å². The summed E-state index contributed by atoms with van der Waals surface area (Å²) in [5.74, 6) is 1.85. The molecule has 0 radical (unpaired) electrons. The highest BCUT2D eigenvalue weighted by Gasteiger charge is 2.18. The molecule has 0 unspecified atom stereocenters. The summed E-state index contributed by atoms with van der Waals surface area (Å²) in [5.41, 5.74) is 10.4. The van der Waals surface area contributed by atoms with Gasteiger partial charge in [0.25, 0.3) is 0 Å². The van der Waals surface area contributed by atoms with E-state index in [0.29, 0.717) is 17.5 Å². The van der Waals surface area contributed by atoms with Crippen molar-refractivity contribution in [1.82, 2.24) is 15.0 Å². The van der Waals surface area contributed by atoms with Gasteiger partial charge in [0.1, 0.15) is 11.2 Å². The molecule has 0 amide bonds. The van der Waals surface area contributed by atoms with E-state index in [1.165, 1.54) is 22.1 Å². The van der Waals surface area contributed by atoms with Gasteiger partial charge < -0.3 is 4.42 Å². The van der Waals surface area contributed by atoms with Crippen LogP contribution in [-0.2, 0) is 0 Å². The van der Waals surface area contributed by atoms with Crippen molar-refractivity contribution in [3.8, 4) is 56.4 Å². The lowest BCUT2D eigenvalue weighted by molar-refractivity contribution is 0.669. The summed E-state index contributed by atoms with van der Waals surface area (Å²) in [6.45, 7) is 2.15. The van der Waals surface area contributed by atoms with E-state index in [4.69, 9.17) is 19.4 Å². The first kappa shape index (κ1) is 27.9. The number of hydrogen-bond acceptors (Lipinski definition) is 4. The number of para-hydroxylation sites is 1. The second kappa shape index (κ2) is 11.4. The molecule has 48 heavy (non-hydrogen) atoms. The molecule has 2 heterocycles. The van der Waals surface area contributed by atoms with E-state index in [9.17, 15) is 0 Å². The molecule has 0 fully saturated rings. The van der Waals surface area contributed by atoms with Crippen molar-refractivity contribution in [3.63, 3.8) is 0 Å². The minimum Gasteiger partial charge on any atom is -0.456 e. The van der Waals surface area contributed by atoms with Crippen LogP contribution in [0.3, 0.4) is 0 Å². The normalized spacial score (nSPS) is 11.4. The average molecular weight is 616 g/mol. The van der Waals surface area contributed by atoms with Crippen molar-refractivity contribution in [1.29, 1.82) is 0 Å². The van der Waals surface area contributed by atoms with Gasteiger partial charge in [0.05, 0.1) is 0 Å². The van der Waals surface area contributed by atoms with Crippen molar-refractivity contribution in [2.75, 3.05) is 0 Å². The van der Waals surface area contributed by atoms with Gasteiger partial charge in [-0.3, -0.25) is 0 Å². The lowest BCUT2D eigenvalue weighted by Gasteiger charge is -2.11. The molecule has 9 aromatic rings. The Labute approximate surface area is 278 Å². The maximum atomic E-state index is 6.21. The first-order chi connectivity index (χ1) is 23.7. The lowest BCUT2D eigenvalue weighted by Crippen LogP contribution is -2.00. The smallest absolute Gasteiger partial charge is 0.164 e. The van der Waals surface area contributed by atoms with Crippen molar-refractivity contribution in [3.05, 3.63) is 163 Å². The van der Waals surface area contributed by atoms with Gasteiger partial charge in [0, 0.05) is 27.5 Å². The van der Waals surface area contributed by atoms with Crippen LogP contribution < -0.4 is 0 Å². The van der Waals surface area contributed by atoms with E-state index in [2.05, 4.69) is 134 Å². The van der Waals surface area contributed by atoms with E-state index in [-0.39, 0.29) is 0 Å². The number of fused-ring (bicyclic) bond motifs is 4. The number of benzene rings is 7. The Balaban J connectivity index is 1.16. The Bertz CT molecular complexity index is 2620. The first-order valence-corrected chi connectivity index (χ1v) is 16.1. The van der Waals surface area contributed by atoms with Gasteiger partial charge >= 0.3 is 0 Å². The SMILES string of the molecule is Cc1ccccc1-c1ccc(-c2ccc(-c3nc(-c4ccc5ccccc5c4)nc(-c4cccc5oc6ccccc6c45)n3)cc2)cc1. The van der Waals surface area contributed by atoms with Crippen LogP contribution in [0.4, 0.5) is 0 Å². The van der Waals surface area contributed by atoms with Gasteiger partial charge in [-0.2, -0.15) is 0 Å². The summed E-state index contributed by atoms with van der Waals surface area (Å²) < 4.78 is 6.21. The summed E-state index contributed by atoms with van der Waals surface area (Å²) in [5, 5.41) is 4.35. The molecule has 7 aromatic carbocycles. The lowest BCUT2D eigenvalue weighted by atomic mass is 9.97. The predicted octanol–water partition coefficient (Wildman–Crippen LogP) is 11.6. The van der Waals surface area contributed by atoms with Crippen molar-refractivity contribution < 1.29 is 4.42 Å². The second-order valence-corrected chi connectivity index (χ2v) is 12.1. The van der Waals surface area contributed by atoms with Crippen LogP contribution >= 0.6 is 0 Å². The molecule has 0 saturated heterocycles. The summed E-state index contributed by atoms with van der Waals surface area (Å²) in [6.07, 6.45) is 0. The fourth-order valence-electron chi connectivity index (χ4n) is 6.59. The van der Waals surface area contributed by atoms with Crippen LogP contribution in [0.1, 0.15) is 5.56 Å². The van der Waals surface area contributed by atoms with Gasteiger partial charge in [-0.05, 0) is 63.7 Å². The fraction of sp³-hybridized carbons (Fsp3) is 0.0227. The predicted molar refractivity (Wildman–Crippen MR) is 197 cm³/mol. The Morgan fingerprint density at radius 3 is 1.75 bits per heavy atom. The van der Waals surface area contributed by atoms with Gasteiger partial charge in [-0.1, -0.05) is 140 Å². The number of rotatable bonds is 5. The van der Waals surface area contributed by atoms with Gasteiger partial charge in [0.2, 0.25) is 0 Å². The third-order valence-electron chi connectivity index (χ3n) is 9.10. The zero-order valence-corrected chi connectivity index (χ0v) is 26.3. The van der Waals surface area contributed by atoms with E-state index in [1.54, 1.807) is 0 Å². The Morgan fingerprint density at radius 1 is 0.396 bits per heavy atom. The van der Waals surface area contributed by atoms with Gasteiger partial charge in [-0.15, -0.1) is 0 Å². The number of hydrogen-bond donors (Lipinski definition) is 0. The highest BCUT2D eigenvalue weighted by Crippen LogP contribution is 2.37. The zero-order chi connectivity index (χ0) is 32.0. The Morgan fingerprint density at radius 2 is 0.958 bits per heavy atom. The molecule has 0 saturated carbocycles. The number of furan rings is 1. The molecule has 2 aromatic heterocycles. The molecule has 0 bridgehead atoms. The van der Waals surface area contributed by atoms with Crippen LogP contribution in [0.2, 0.25) is 0 Å². The summed E-state index contributed by atoms with van der Waals surface area (Å²) in [6, 6.07) is 54.6. The summed E-state index contributed by atoms with van der Waals surface area (Å²) in [7, 11) is 0. The molecule has 0 spiro atoms. The number of aromatic nitrogens is 3. The van der Waals surface area contributed by atoms with E-state index in [0.717, 1.165) is 55.1 Å². The fourth-order valence-corrected chi connectivity index (χ4v) is 6.59. The highest BCUT2D eigenvalue weighted by molar-refractivity contribution is 6.11. The minimum atomic E-state index is 0.608. The maximum Gasteiger partial charge on any atom is 0.164 e. The summed E-state index contributed by atoms with van der Waals surface area (Å²) >= 11 is 0. The van der Waals surface area contributed by atoms with Crippen LogP contribution in [-0.4, -0.2) is 15.0 Å². The summed E-state index contributed by atoms with van der Waals surface area (Å²) in [4.78, 5) is 15.2. The van der Waals surface area contributed by atoms with Crippen molar-refractivity contribution in [2.45, 2.75) is 6.92 Å². The molecule has 0 aliphatic heterocycles. The third kappa shape index (κ3) is 4.91. The zero-order valence-electron chi connectivity index (χ0n) is 26.3. The van der Waals surface area contributed by atoms with E-state index < -0.39 is 0 Å². The molecule has 226 valence electrons.